The number of likely N-dealkylation sites (tertiary alicyclic amines) is 1. The molecule has 0 spiro atoms. The SMILES string of the molecule is CC(C)(C)OC(=O)[C@H]1CCCN1Cc1ccc(Br)cn1. The lowest BCUT2D eigenvalue weighted by Gasteiger charge is -2.27. The molecule has 0 unspecified atom stereocenters. The number of ether oxygens (including phenoxy) is 1. The molecule has 1 aliphatic rings. The Balaban J connectivity index is 2.00. The molecule has 4 nitrogen and oxygen atoms in total. The van der Waals surface area contributed by atoms with Crippen LogP contribution in [0.4, 0.5) is 0 Å². The monoisotopic (exact) mass is 340 g/mol. The highest BCUT2D eigenvalue weighted by atomic mass is 79.9. The second-order valence-electron chi connectivity index (χ2n) is 6.13. The summed E-state index contributed by atoms with van der Waals surface area (Å²) in [5, 5.41) is 0. The molecule has 1 aromatic heterocycles. The normalized spacial score (nSPS) is 20.1. The number of nitrogens with zero attached hydrogens (tertiary/aromatic N) is 2. The van der Waals surface area contributed by atoms with E-state index >= 15 is 0 Å². The number of carbonyl (C=O) groups excluding carboxylic acids is 1. The molecule has 2 heterocycles. The summed E-state index contributed by atoms with van der Waals surface area (Å²) >= 11 is 3.38. The van der Waals surface area contributed by atoms with Crippen molar-refractivity contribution >= 4 is 21.9 Å². The third-order valence-electron chi connectivity index (χ3n) is 3.20. The first-order chi connectivity index (χ1) is 9.35. The smallest absolute Gasteiger partial charge is 0.323 e. The summed E-state index contributed by atoms with van der Waals surface area (Å²) in [5.41, 5.74) is 0.546. The standard InChI is InChI=1S/C15H21BrN2O2/c1-15(2,3)20-14(19)13-5-4-8-18(13)10-12-7-6-11(16)9-17-12/h6-7,9,13H,4-5,8,10H2,1-3H3/t13-/m1/s1. The maximum Gasteiger partial charge on any atom is 0.323 e. The number of carbonyl (C=O) groups is 1. The van der Waals surface area contributed by atoms with Gasteiger partial charge in [-0.15, -0.1) is 0 Å². The van der Waals surface area contributed by atoms with Crippen molar-refractivity contribution in [1.82, 2.24) is 9.88 Å². The Bertz CT molecular complexity index is 468. The van der Waals surface area contributed by atoms with Crippen LogP contribution >= 0.6 is 15.9 Å². The van der Waals surface area contributed by atoms with Gasteiger partial charge in [-0.05, 0) is 68.2 Å². The topological polar surface area (TPSA) is 42.4 Å². The van der Waals surface area contributed by atoms with E-state index in [1.165, 1.54) is 0 Å². The molecule has 1 atom stereocenters. The molecule has 0 N–H and O–H groups in total. The van der Waals surface area contributed by atoms with Crippen molar-refractivity contribution < 1.29 is 9.53 Å². The van der Waals surface area contributed by atoms with Crippen molar-refractivity contribution in [1.29, 1.82) is 0 Å². The van der Waals surface area contributed by atoms with Crippen molar-refractivity contribution in [3.05, 3.63) is 28.5 Å². The van der Waals surface area contributed by atoms with E-state index in [2.05, 4.69) is 25.8 Å². The molecule has 1 fully saturated rings. The Hall–Kier alpha value is -0.940. The second kappa shape index (κ2) is 6.22. The van der Waals surface area contributed by atoms with Crippen LogP contribution in [0.5, 0.6) is 0 Å². The van der Waals surface area contributed by atoms with Crippen molar-refractivity contribution in [2.75, 3.05) is 6.54 Å². The Morgan fingerprint density at radius 2 is 2.25 bits per heavy atom. The summed E-state index contributed by atoms with van der Waals surface area (Å²) in [6.07, 6.45) is 3.68. The van der Waals surface area contributed by atoms with Crippen LogP contribution in [0, 0.1) is 0 Å². The fraction of sp³-hybridized carbons (Fsp3) is 0.600. The third-order valence-corrected chi connectivity index (χ3v) is 3.67. The zero-order valence-corrected chi connectivity index (χ0v) is 13.8. The van der Waals surface area contributed by atoms with E-state index in [-0.39, 0.29) is 12.0 Å². The summed E-state index contributed by atoms with van der Waals surface area (Å²) in [5.74, 6) is -0.118. The van der Waals surface area contributed by atoms with Crippen LogP contribution in [0.2, 0.25) is 0 Å². The van der Waals surface area contributed by atoms with Gasteiger partial charge in [-0.25, -0.2) is 0 Å². The fourth-order valence-corrected chi connectivity index (χ4v) is 2.59. The van der Waals surface area contributed by atoms with Crippen molar-refractivity contribution in [2.45, 2.75) is 51.8 Å². The lowest BCUT2D eigenvalue weighted by Crippen LogP contribution is -2.40. The molecule has 5 heteroatoms. The lowest BCUT2D eigenvalue weighted by atomic mass is 10.1. The first-order valence-corrected chi connectivity index (χ1v) is 7.72. The van der Waals surface area contributed by atoms with Gasteiger partial charge in [0, 0.05) is 17.2 Å². The first-order valence-electron chi connectivity index (χ1n) is 6.92. The van der Waals surface area contributed by atoms with E-state index in [1.807, 2.05) is 32.9 Å². The largest absolute Gasteiger partial charge is 0.459 e. The van der Waals surface area contributed by atoms with Crippen LogP contribution < -0.4 is 0 Å². The van der Waals surface area contributed by atoms with Crippen molar-refractivity contribution in [3.63, 3.8) is 0 Å². The highest BCUT2D eigenvalue weighted by molar-refractivity contribution is 9.10. The molecule has 0 radical (unpaired) electrons. The molecule has 0 aromatic carbocycles. The predicted octanol–water partition coefficient (Wildman–Crippen LogP) is 3.15. The Morgan fingerprint density at radius 3 is 2.85 bits per heavy atom. The molecule has 0 aliphatic carbocycles. The van der Waals surface area contributed by atoms with Crippen LogP contribution in [-0.4, -0.2) is 34.0 Å². The molecule has 110 valence electrons. The number of esters is 1. The van der Waals surface area contributed by atoms with E-state index in [1.54, 1.807) is 6.20 Å². The van der Waals surface area contributed by atoms with Crippen molar-refractivity contribution in [3.8, 4) is 0 Å². The van der Waals surface area contributed by atoms with E-state index in [4.69, 9.17) is 4.74 Å². The van der Waals surface area contributed by atoms with Crippen molar-refractivity contribution in [2.24, 2.45) is 0 Å². The number of hydrogen-bond donors (Lipinski definition) is 0. The van der Waals surface area contributed by atoms with Gasteiger partial charge in [0.05, 0.1) is 5.69 Å². The number of pyridine rings is 1. The van der Waals surface area contributed by atoms with Gasteiger partial charge in [-0.2, -0.15) is 0 Å². The second-order valence-corrected chi connectivity index (χ2v) is 7.05. The predicted molar refractivity (Wildman–Crippen MR) is 81.2 cm³/mol. The first kappa shape index (κ1) is 15.4. The van der Waals surface area contributed by atoms with E-state index < -0.39 is 5.60 Å². The molecule has 0 amide bonds. The molecular formula is C15H21BrN2O2. The summed E-state index contributed by atoms with van der Waals surface area (Å²) in [7, 11) is 0. The average molecular weight is 341 g/mol. The van der Waals surface area contributed by atoms with Gasteiger partial charge < -0.3 is 4.74 Å². The van der Waals surface area contributed by atoms with Crippen LogP contribution in [0.15, 0.2) is 22.8 Å². The highest BCUT2D eigenvalue weighted by Gasteiger charge is 2.34. The minimum atomic E-state index is -0.429. The molecule has 0 saturated carbocycles. The van der Waals surface area contributed by atoms with Gasteiger partial charge in [-0.3, -0.25) is 14.7 Å². The fourth-order valence-electron chi connectivity index (χ4n) is 2.36. The van der Waals surface area contributed by atoms with Gasteiger partial charge in [0.25, 0.3) is 0 Å². The number of halogens is 1. The van der Waals surface area contributed by atoms with Crippen LogP contribution in [0.1, 0.15) is 39.3 Å². The Labute approximate surface area is 128 Å². The van der Waals surface area contributed by atoms with E-state index in [9.17, 15) is 4.79 Å². The maximum atomic E-state index is 12.2. The highest BCUT2D eigenvalue weighted by Crippen LogP contribution is 2.23. The molecule has 20 heavy (non-hydrogen) atoms. The number of aromatic nitrogens is 1. The van der Waals surface area contributed by atoms with Gasteiger partial charge in [0.15, 0.2) is 0 Å². The van der Waals surface area contributed by atoms with Gasteiger partial charge >= 0.3 is 5.97 Å². The summed E-state index contributed by atoms with van der Waals surface area (Å²) < 4.78 is 6.46. The van der Waals surface area contributed by atoms with Gasteiger partial charge in [-0.1, -0.05) is 0 Å². The van der Waals surface area contributed by atoms with Gasteiger partial charge in [0.2, 0.25) is 0 Å². The molecular weight excluding hydrogens is 320 g/mol. The molecule has 1 saturated heterocycles. The van der Waals surface area contributed by atoms with Crippen LogP contribution in [-0.2, 0) is 16.1 Å². The molecule has 0 bridgehead atoms. The lowest BCUT2D eigenvalue weighted by molar-refractivity contribution is -0.160. The van der Waals surface area contributed by atoms with E-state index in [0.717, 1.165) is 29.6 Å². The average Bonchev–Trinajstić information content (AvgIpc) is 2.78. The zero-order valence-electron chi connectivity index (χ0n) is 12.2. The molecule has 1 aromatic rings. The van der Waals surface area contributed by atoms with Crippen LogP contribution in [0.3, 0.4) is 0 Å². The Morgan fingerprint density at radius 1 is 1.50 bits per heavy atom. The minimum absolute atomic E-state index is 0.118. The Kier molecular flexibility index (Phi) is 4.81. The minimum Gasteiger partial charge on any atom is -0.459 e. The summed E-state index contributed by atoms with van der Waals surface area (Å²) in [6.45, 7) is 7.32. The van der Waals surface area contributed by atoms with Crippen LogP contribution in [0.25, 0.3) is 0 Å². The number of hydrogen-bond acceptors (Lipinski definition) is 4. The molecule has 2 rings (SSSR count). The van der Waals surface area contributed by atoms with Gasteiger partial charge in [0.1, 0.15) is 11.6 Å². The number of rotatable bonds is 3. The molecule has 1 aliphatic heterocycles. The van der Waals surface area contributed by atoms with E-state index in [0.29, 0.717) is 6.54 Å². The summed E-state index contributed by atoms with van der Waals surface area (Å²) in [4.78, 5) is 18.8. The third kappa shape index (κ3) is 4.28. The summed E-state index contributed by atoms with van der Waals surface area (Å²) in [6, 6.07) is 3.81. The zero-order chi connectivity index (χ0) is 14.8. The maximum absolute atomic E-state index is 12.2. The quantitative estimate of drug-likeness (QED) is 0.792.